The zero-order valence-corrected chi connectivity index (χ0v) is 27.0. The minimum Gasteiger partial charge on any atom is -0.461 e. The molecule has 1 aliphatic heterocycles. The first-order chi connectivity index (χ1) is 22.2. The fourth-order valence-electron chi connectivity index (χ4n) is 6.20. The van der Waals surface area contributed by atoms with Crippen molar-refractivity contribution in [1.29, 1.82) is 0 Å². The second-order valence-corrected chi connectivity index (χ2v) is 12.9. The molecule has 1 fully saturated rings. The van der Waals surface area contributed by atoms with Crippen LogP contribution in [0.5, 0.6) is 0 Å². The van der Waals surface area contributed by atoms with Crippen LogP contribution in [-0.2, 0) is 17.8 Å². The van der Waals surface area contributed by atoms with E-state index in [0.29, 0.717) is 51.8 Å². The van der Waals surface area contributed by atoms with Crippen molar-refractivity contribution in [2.24, 2.45) is 11.8 Å². The van der Waals surface area contributed by atoms with Crippen LogP contribution in [0.3, 0.4) is 0 Å². The summed E-state index contributed by atoms with van der Waals surface area (Å²) in [6.07, 6.45) is 3.71. The van der Waals surface area contributed by atoms with E-state index in [2.05, 4.69) is 20.2 Å². The third-order valence-corrected chi connectivity index (χ3v) is 8.91. The molecular formula is C36H37ClFN5O3. The van der Waals surface area contributed by atoms with E-state index < -0.39 is 11.8 Å². The van der Waals surface area contributed by atoms with Crippen molar-refractivity contribution in [3.8, 4) is 22.4 Å². The van der Waals surface area contributed by atoms with Gasteiger partial charge in [-0.25, -0.2) is 9.18 Å². The van der Waals surface area contributed by atoms with Gasteiger partial charge in [0.1, 0.15) is 17.2 Å². The number of hydrogen-bond donors (Lipinski definition) is 1. The Morgan fingerprint density at radius 2 is 1.85 bits per heavy atom. The lowest BCUT2D eigenvalue weighted by molar-refractivity contribution is 0.0454. The van der Waals surface area contributed by atoms with Crippen LogP contribution >= 0.6 is 11.6 Å². The first-order valence-electron chi connectivity index (χ1n) is 15.7. The number of H-pyrrole nitrogens is 1. The highest BCUT2D eigenvalue weighted by molar-refractivity contribution is 6.36. The monoisotopic (exact) mass is 641 g/mol. The van der Waals surface area contributed by atoms with E-state index in [9.17, 15) is 14.0 Å². The minimum atomic E-state index is -0.508. The van der Waals surface area contributed by atoms with Crippen molar-refractivity contribution in [2.45, 2.75) is 46.7 Å². The molecule has 2 aromatic heterocycles. The molecule has 1 aliphatic rings. The van der Waals surface area contributed by atoms with Crippen LogP contribution in [0.25, 0.3) is 33.3 Å². The average molecular weight is 642 g/mol. The summed E-state index contributed by atoms with van der Waals surface area (Å²) in [5.41, 5.74) is 5.21. The van der Waals surface area contributed by atoms with Crippen LogP contribution in [0.2, 0.25) is 5.02 Å². The number of ketones is 1. The second-order valence-electron chi connectivity index (χ2n) is 12.5. The SMILES string of the molecule is CC(=O)c1c(CN2CCC(Cn3cc(-c4c(C(=O)OCC(C)C)[nH]c5ccc(F)cc45)nn3)CC2)ccc(-c2ccccc2)c1Cl. The van der Waals surface area contributed by atoms with Crippen molar-refractivity contribution in [3.05, 3.63) is 94.5 Å². The highest BCUT2D eigenvalue weighted by atomic mass is 35.5. The Morgan fingerprint density at radius 3 is 2.57 bits per heavy atom. The molecule has 0 amide bonds. The van der Waals surface area contributed by atoms with E-state index in [1.54, 1.807) is 17.7 Å². The minimum absolute atomic E-state index is 0.0380. The molecule has 0 atom stereocenters. The van der Waals surface area contributed by atoms with E-state index in [-0.39, 0.29) is 24.0 Å². The van der Waals surface area contributed by atoms with Gasteiger partial charge in [0.25, 0.3) is 0 Å². The van der Waals surface area contributed by atoms with Gasteiger partial charge in [-0.3, -0.25) is 14.4 Å². The summed E-state index contributed by atoms with van der Waals surface area (Å²) in [7, 11) is 0. The summed E-state index contributed by atoms with van der Waals surface area (Å²) in [5.74, 6) is -0.400. The number of ether oxygens (including phenoxy) is 1. The molecule has 0 radical (unpaired) electrons. The number of carbonyl (C=O) groups is 2. The van der Waals surface area contributed by atoms with Crippen molar-refractivity contribution >= 4 is 34.3 Å². The standard InChI is InChI=1S/C36H37ClFN5O3/c1-22(2)21-46-36(45)35-33(29-17-27(38)10-12-30(29)39-35)31-20-43(41-40-31)18-24-13-15-42(16-14-24)19-26-9-11-28(25-7-5-4-6-8-25)34(37)32(26)23(3)44/h4-12,17,20,22,24,39H,13-16,18-19,21H2,1-3H3. The molecule has 8 nitrogen and oxygen atoms in total. The predicted octanol–water partition coefficient (Wildman–Crippen LogP) is 7.81. The maximum absolute atomic E-state index is 14.3. The van der Waals surface area contributed by atoms with Gasteiger partial charge in [-0.1, -0.05) is 73.1 Å². The number of Topliss-reactive ketones (excluding diaryl/α,β-unsaturated/α-hetero) is 1. The average Bonchev–Trinajstić information content (AvgIpc) is 3.65. The van der Waals surface area contributed by atoms with Gasteiger partial charge >= 0.3 is 5.97 Å². The topological polar surface area (TPSA) is 93.1 Å². The van der Waals surface area contributed by atoms with Crippen LogP contribution in [0, 0.1) is 17.7 Å². The Bertz CT molecular complexity index is 1880. The molecule has 0 aliphatic carbocycles. The van der Waals surface area contributed by atoms with E-state index in [1.807, 2.05) is 62.5 Å². The Balaban J connectivity index is 1.14. The number of fused-ring (bicyclic) bond motifs is 1. The third-order valence-electron chi connectivity index (χ3n) is 8.52. The summed E-state index contributed by atoms with van der Waals surface area (Å²) >= 11 is 6.81. The Morgan fingerprint density at radius 1 is 1.09 bits per heavy atom. The van der Waals surface area contributed by atoms with Crippen molar-refractivity contribution in [3.63, 3.8) is 0 Å². The first kappa shape index (κ1) is 31.6. The zero-order valence-electron chi connectivity index (χ0n) is 26.2. The molecule has 238 valence electrons. The number of carbonyl (C=O) groups excluding carboxylic acids is 2. The lowest BCUT2D eigenvalue weighted by Gasteiger charge is -2.32. The van der Waals surface area contributed by atoms with Crippen LogP contribution in [-0.4, -0.2) is 56.3 Å². The highest BCUT2D eigenvalue weighted by Gasteiger charge is 2.26. The van der Waals surface area contributed by atoms with Crippen LogP contribution in [0.4, 0.5) is 4.39 Å². The number of halogens is 2. The lowest BCUT2D eigenvalue weighted by Crippen LogP contribution is -2.35. The zero-order chi connectivity index (χ0) is 32.4. The maximum atomic E-state index is 14.3. The van der Waals surface area contributed by atoms with E-state index in [1.165, 1.54) is 12.1 Å². The molecule has 0 spiro atoms. The summed E-state index contributed by atoms with van der Waals surface area (Å²) in [6.45, 7) is 8.83. The Kier molecular flexibility index (Phi) is 9.33. The number of hydrogen-bond acceptors (Lipinski definition) is 6. The largest absolute Gasteiger partial charge is 0.461 e. The van der Waals surface area contributed by atoms with E-state index >= 15 is 0 Å². The fraction of sp³-hybridized carbons (Fsp3) is 0.333. The van der Waals surface area contributed by atoms with Crippen molar-refractivity contribution in [2.75, 3.05) is 19.7 Å². The van der Waals surface area contributed by atoms with Crippen molar-refractivity contribution < 1.29 is 18.7 Å². The molecular weight excluding hydrogens is 605 g/mol. The smallest absolute Gasteiger partial charge is 0.355 e. The summed E-state index contributed by atoms with van der Waals surface area (Å²) in [4.78, 5) is 31.2. The van der Waals surface area contributed by atoms with Gasteiger partial charge in [0, 0.05) is 40.7 Å². The molecule has 0 bridgehead atoms. The molecule has 3 heterocycles. The second kappa shape index (κ2) is 13.6. The number of nitrogens with one attached hydrogen (secondary N) is 1. The maximum Gasteiger partial charge on any atom is 0.355 e. The summed E-state index contributed by atoms with van der Waals surface area (Å²) in [6, 6.07) is 18.3. The predicted molar refractivity (Wildman–Crippen MR) is 177 cm³/mol. The lowest BCUT2D eigenvalue weighted by atomic mass is 9.94. The number of piperidine rings is 1. The number of likely N-dealkylation sites (tertiary alicyclic amines) is 1. The van der Waals surface area contributed by atoms with Gasteiger partial charge in [-0.05, 0) is 74.0 Å². The fourth-order valence-corrected chi connectivity index (χ4v) is 6.63. The number of rotatable bonds is 10. The Labute approximate surface area is 272 Å². The number of esters is 1. The third kappa shape index (κ3) is 6.76. The van der Waals surface area contributed by atoms with E-state index in [0.717, 1.165) is 42.6 Å². The van der Waals surface area contributed by atoms with Crippen molar-refractivity contribution in [1.82, 2.24) is 24.9 Å². The highest BCUT2D eigenvalue weighted by Crippen LogP contribution is 2.35. The van der Waals surface area contributed by atoms with Gasteiger partial charge in [-0.15, -0.1) is 5.10 Å². The molecule has 3 aromatic carbocycles. The van der Waals surface area contributed by atoms with E-state index in [4.69, 9.17) is 16.3 Å². The molecule has 1 N–H and O–H groups in total. The normalized spacial score (nSPS) is 14.3. The number of aromatic amines is 1. The van der Waals surface area contributed by atoms with Crippen LogP contribution < -0.4 is 0 Å². The van der Waals surface area contributed by atoms with Crippen LogP contribution in [0.1, 0.15) is 60.0 Å². The molecule has 0 unspecified atom stereocenters. The van der Waals surface area contributed by atoms with Crippen LogP contribution in [0.15, 0.2) is 66.9 Å². The van der Waals surface area contributed by atoms with Gasteiger partial charge in [-0.2, -0.15) is 0 Å². The first-order valence-corrected chi connectivity index (χ1v) is 16.0. The number of aromatic nitrogens is 4. The quantitative estimate of drug-likeness (QED) is 0.123. The molecule has 46 heavy (non-hydrogen) atoms. The van der Waals surface area contributed by atoms with Gasteiger partial charge in [0.05, 0.1) is 17.8 Å². The molecule has 1 saturated heterocycles. The van der Waals surface area contributed by atoms with Gasteiger partial charge < -0.3 is 9.72 Å². The molecule has 6 rings (SSSR count). The molecule has 0 saturated carbocycles. The van der Waals surface area contributed by atoms with Gasteiger partial charge in [0.2, 0.25) is 0 Å². The molecule has 5 aromatic rings. The van der Waals surface area contributed by atoms with Gasteiger partial charge in [0.15, 0.2) is 5.78 Å². The number of benzene rings is 3. The summed E-state index contributed by atoms with van der Waals surface area (Å²) in [5, 5.41) is 9.81. The number of nitrogens with zero attached hydrogens (tertiary/aromatic N) is 4. The molecule has 10 heteroatoms. The summed E-state index contributed by atoms with van der Waals surface area (Å²) < 4.78 is 21.5. The Hall–Kier alpha value is -4.34.